The van der Waals surface area contributed by atoms with Crippen molar-refractivity contribution in [2.24, 2.45) is 0 Å². The van der Waals surface area contributed by atoms with Gasteiger partial charge in [-0.15, -0.1) is 0 Å². The van der Waals surface area contributed by atoms with E-state index in [0.29, 0.717) is 0 Å². The van der Waals surface area contributed by atoms with Crippen LogP contribution in [0, 0.1) is 6.92 Å². The predicted octanol–water partition coefficient (Wildman–Crippen LogP) is 3.16. The minimum Gasteiger partial charge on any atom is -0.478 e. The standard InChI is InChI=1S/C16H15F2NO5/c1-9-12(15(21)22)7-10(23-9)8-19(2)14(20)11-5-3-4-6-13(11)24-16(17)18/h3-7,16H,8H2,1-2H3,(H,21,22). The number of aromatic carboxylic acids is 1. The second-order valence-electron chi connectivity index (χ2n) is 5.02. The first-order valence-electron chi connectivity index (χ1n) is 6.91. The number of carboxylic acids is 1. The van der Waals surface area contributed by atoms with Crippen molar-refractivity contribution in [3.8, 4) is 5.75 Å². The molecule has 0 bridgehead atoms. The predicted molar refractivity (Wildman–Crippen MR) is 79.3 cm³/mol. The summed E-state index contributed by atoms with van der Waals surface area (Å²) in [5.41, 5.74) is -0.0191. The van der Waals surface area contributed by atoms with Crippen LogP contribution in [-0.4, -0.2) is 35.5 Å². The van der Waals surface area contributed by atoms with Gasteiger partial charge in [0.15, 0.2) is 0 Å². The smallest absolute Gasteiger partial charge is 0.387 e. The van der Waals surface area contributed by atoms with Gasteiger partial charge in [-0.25, -0.2) is 4.79 Å². The number of carboxylic acid groups (broad SMARTS) is 1. The molecular weight excluding hydrogens is 324 g/mol. The summed E-state index contributed by atoms with van der Waals surface area (Å²) in [6.45, 7) is -1.56. The zero-order valence-corrected chi connectivity index (χ0v) is 13.0. The van der Waals surface area contributed by atoms with E-state index in [9.17, 15) is 18.4 Å². The maximum atomic E-state index is 12.4. The van der Waals surface area contributed by atoms with Gasteiger partial charge in [0.25, 0.3) is 5.91 Å². The normalized spacial score (nSPS) is 10.7. The first-order valence-corrected chi connectivity index (χ1v) is 6.91. The van der Waals surface area contributed by atoms with Crippen molar-refractivity contribution in [2.45, 2.75) is 20.1 Å². The summed E-state index contributed by atoms with van der Waals surface area (Å²) in [6.07, 6.45) is 0. The fourth-order valence-corrected chi connectivity index (χ4v) is 2.19. The van der Waals surface area contributed by atoms with E-state index in [1.807, 2.05) is 0 Å². The molecule has 0 saturated heterocycles. The van der Waals surface area contributed by atoms with Gasteiger partial charge in [0.05, 0.1) is 12.1 Å². The molecule has 0 unspecified atom stereocenters. The summed E-state index contributed by atoms with van der Waals surface area (Å²) >= 11 is 0. The maximum Gasteiger partial charge on any atom is 0.387 e. The van der Waals surface area contributed by atoms with E-state index in [2.05, 4.69) is 4.74 Å². The number of halogens is 2. The van der Waals surface area contributed by atoms with Gasteiger partial charge < -0.3 is 19.2 Å². The zero-order valence-electron chi connectivity index (χ0n) is 13.0. The fraction of sp³-hybridized carbons (Fsp3) is 0.250. The van der Waals surface area contributed by atoms with Gasteiger partial charge in [-0.1, -0.05) is 12.1 Å². The summed E-state index contributed by atoms with van der Waals surface area (Å²) in [5, 5.41) is 8.99. The van der Waals surface area contributed by atoms with Crippen molar-refractivity contribution in [2.75, 3.05) is 7.05 Å². The van der Waals surface area contributed by atoms with E-state index in [4.69, 9.17) is 9.52 Å². The number of furan rings is 1. The Kier molecular flexibility index (Phi) is 5.18. The lowest BCUT2D eigenvalue weighted by molar-refractivity contribution is -0.0502. The number of aryl methyl sites for hydroxylation is 1. The molecule has 0 radical (unpaired) electrons. The summed E-state index contributed by atoms with van der Waals surface area (Å²) in [6, 6.07) is 6.96. The van der Waals surface area contributed by atoms with E-state index in [-0.39, 0.29) is 34.9 Å². The van der Waals surface area contributed by atoms with Crippen molar-refractivity contribution in [1.29, 1.82) is 0 Å². The molecule has 0 fully saturated rings. The van der Waals surface area contributed by atoms with Gasteiger partial charge in [0.1, 0.15) is 22.8 Å². The molecule has 0 aliphatic heterocycles. The van der Waals surface area contributed by atoms with Crippen LogP contribution >= 0.6 is 0 Å². The van der Waals surface area contributed by atoms with Crippen LogP contribution in [0.5, 0.6) is 5.75 Å². The third-order valence-corrected chi connectivity index (χ3v) is 3.27. The molecule has 0 aliphatic rings. The molecule has 8 heteroatoms. The van der Waals surface area contributed by atoms with Gasteiger partial charge in [0, 0.05) is 7.05 Å². The number of carbonyl (C=O) groups excluding carboxylic acids is 1. The topological polar surface area (TPSA) is 80.0 Å². The lowest BCUT2D eigenvalue weighted by atomic mass is 10.1. The SMILES string of the molecule is Cc1oc(CN(C)C(=O)c2ccccc2OC(F)F)cc1C(=O)O. The molecule has 24 heavy (non-hydrogen) atoms. The Morgan fingerprint density at radius 1 is 1.29 bits per heavy atom. The van der Waals surface area contributed by atoms with Crippen LogP contribution < -0.4 is 4.74 Å². The second kappa shape index (κ2) is 7.12. The summed E-state index contributed by atoms with van der Waals surface area (Å²) in [5.74, 6) is -1.43. The average molecular weight is 339 g/mol. The number of carbonyl (C=O) groups is 2. The number of rotatable bonds is 6. The largest absolute Gasteiger partial charge is 0.478 e. The van der Waals surface area contributed by atoms with E-state index in [1.54, 1.807) is 0 Å². The highest BCUT2D eigenvalue weighted by Crippen LogP contribution is 2.23. The quantitative estimate of drug-likeness (QED) is 0.874. The van der Waals surface area contributed by atoms with Crippen LogP contribution in [0.3, 0.4) is 0 Å². The molecule has 1 heterocycles. The third-order valence-electron chi connectivity index (χ3n) is 3.27. The highest BCUT2D eigenvalue weighted by Gasteiger charge is 2.21. The molecule has 1 N–H and O–H groups in total. The molecule has 0 atom stereocenters. The molecule has 2 rings (SSSR count). The van der Waals surface area contributed by atoms with Crippen LogP contribution in [0.2, 0.25) is 0 Å². The number of para-hydroxylation sites is 1. The summed E-state index contributed by atoms with van der Waals surface area (Å²) in [7, 11) is 1.44. The van der Waals surface area contributed by atoms with Crippen LogP contribution in [0.4, 0.5) is 8.78 Å². The Bertz CT molecular complexity index is 757. The minimum atomic E-state index is -3.05. The molecule has 1 amide bonds. The number of hydrogen-bond donors (Lipinski definition) is 1. The van der Waals surface area contributed by atoms with Gasteiger partial charge in [0.2, 0.25) is 0 Å². The summed E-state index contributed by atoms with van der Waals surface area (Å²) < 4.78 is 34.5. The number of benzene rings is 1. The first-order chi connectivity index (χ1) is 11.3. The van der Waals surface area contributed by atoms with Crippen molar-refractivity contribution in [3.05, 3.63) is 53.0 Å². The van der Waals surface area contributed by atoms with Crippen molar-refractivity contribution < 1.29 is 32.6 Å². The molecule has 1 aromatic heterocycles. The number of alkyl halides is 2. The minimum absolute atomic E-state index is 0.00674. The van der Waals surface area contributed by atoms with Gasteiger partial charge in [-0.05, 0) is 25.1 Å². The Labute approximate surface area is 136 Å². The highest BCUT2D eigenvalue weighted by atomic mass is 19.3. The first kappa shape index (κ1) is 17.5. The van der Waals surface area contributed by atoms with Crippen LogP contribution in [-0.2, 0) is 6.54 Å². The van der Waals surface area contributed by atoms with Crippen molar-refractivity contribution in [1.82, 2.24) is 4.90 Å². The lowest BCUT2D eigenvalue weighted by Gasteiger charge is -2.18. The van der Waals surface area contributed by atoms with Crippen LogP contribution in [0.25, 0.3) is 0 Å². The van der Waals surface area contributed by atoms with Gasteiger partial charge in [-0.3, -0.25) is 4.79 Å². The Balaban J connectivity index is 2.18. The maximum absolute atomic E-state index is 12.4. The molecule has 0 saturated carbocycles. The fourth-order valence-electron chi connectivity index (χ4n) is 2.19. The number of amides is 1. The second-order valence-corrected chi connectivity index (χ2v) is 5.02. The highest BCUT2D eigenvalue weighted by molar-refractivity contribution is 5.96. The number of ether oxygens (including phenoxy) is 1. The van der Waals surface area contributed by atoms with Crippen molar-refractivity contribution >= 4 is 11.9 Å². The number of hydrogen-bond acceptors (Lipinski definition) is 4. The third kappa shape index (κ3) is 3.89. The van der Waals surface area contributed by atoms with Crippen LogP contribution in [0.1, 0.15) is 32.2 Å². The van der Waals surface area contributed by atoms with E-state index < -0.39 is 18.5 Å². The van der Waals surface area contributed by atoms with Gasteiger partial charge in [-0.2, -0.15) is 8.78 Å². The molecule has 6 nitrogen and oxygen atoms in total. The van der Waals surface area contributed by atoms with Crippen LogP contribution in [0.15, 0.2) is 34.7 Å². The van der Waals surface area contributed by atoms with E-state index in [0.717, 1.165) is 0 Å². The molecule has 2 aromatic rings. The Morgan fingerprint density at radius 2 is 1.96 bits per heavy atom. The molecule has 128 valence electrons. The van der Waals surface area contributed by atoms with E-state index >= 15 is 0 Å². The molecule has 0 aliphatic carbocycles. The van der Waals surface area contributed by atoms with Crippen molar-refractivity contribution in [3.63, 3.8) is 0 Å². The molecule has 0 spiro atoms. The van der Waals surface area contributed by atoms with Gasteiger partial charge >= 0.3 is 12.6 Å². The monoisotopic (exact) mass is 339 g/mol. The summed E-state index contributed by atoms with van der Waals surface area (Å²) in [4.78, 5) is 24.6. The Hall–Kier alpha value is -2.90. The van der Waals surface area contributed by atoms with E-state index in [1.165, 1.54) is 49.2 Å². The molecule has 1 aromatic carbocycles. The zero-order chi connectivity index (χ0) is 17.9. The average Bonchev–Trinajstić information content (AvgIpc) is 2.87. The lowest BCUT2D eigenvalue weighted by Crippen LogP contribution is -2.26. The molecular formula is C16H15F2NO5. The Morgan fingerprint density at radius 3 is 2.54 bits per heavy atom. The number of nitrogens with zero attached hydrogens (tertiary/aromatic N) is 1.